The molecule has 0 radical (unpaired) electrons. The Labute approximate surface area is 222 Å². The summed E-state index contributed by atoms with van der Waals surface area (Å²) in [6.07, 6.45) is 5.18. The van der Waals surface area contributed by atoms with E-state index in [4.69, 9.17) is 4.74 Å². The molecule has 3 amide bonds. The van der Waals surface area contributed by atoms with Crippen molar-refractivity contribution in [3.63, 3.8) is 0 Å². The normalized spacial score (nSPS) is 29.0. The molecule has 7 nitrogen and oxygen atoms in total. The van der Waals surface area contributed by atoms with Crippen molar-refractivity contribution in [1.29, 1.82) is 0 Å². The Balaban J connectivity index is 1.24. The SMILES string of the molecule is Cc1cc(Oc2ccccc2)ccc1N1C(=O)NC2=C(C(=O)NC3CCC(C)CC3)SC3NCCC1C23. The minimum atomic E-state index is -0.170. The monoisotopic (exact) mass is 518 g/mol. The second-order valence-electron chi connectivity index (χ2n) is 10.7. The molecule has 3 aliphatic heterocycles. The molecule has 3 atom stereocenters. The van der Waals surface area contributed by atoms with Crippen LogP contribution in [0.2, 0.25) is 0 Å². The molecule has 1 saturated carbocycles. The maximum absolute atomic E-state index is 13.5. The Kier molecular flexibility index (Phi) is 6.63. The highest BCUT2D eigenvalue weighted by Crippen LogP contribution is 2.48. The van der Waals surface area contributed by atoms with Gasteiger partial charge in [-0.15, -0.1) is 0 Å². The van der Waals surface area contributed by atoms with Crippen molar-refractivity contribution in [2.75, 3.05) is 11.4 Å². The lowest BCUT2D eigenvalue weighted by molar-refractivity contribution is -0.117. The number of aryl methyl sites for hydroxylation is 1. The summed E-state index contributed by atoms with van der Waals surface area (Å²) in [4.78, 5) is 29.5. The van der Waals surface area contributed by atoms with Gasteiger partial charge in [-0.1, -0.05) is 36.9 Å². The molecule has 0 bridgehead atoms. The van der Waals surface area contributed by atoms with E-state index in [2.05, 4.69) is 22.9 Å². The van der Waals surface area contributed by atoms with Gasteiger partial charge in [0.1, 0.15) is 11.5 Å². The second kappa shape index (κ2) is 10.1. The molecule has 37 heavy (non-hydrogen) atoms. The van der Waals surface area contributed by atoms with Crippen molar-refractivity contribution in [3.05, 3.63) is 64.7 Å². The summed E-state index contributed by atoms with van der Waals surface area (Å²) in [5, 5.41) is 10.0. The van der Waals surface area contributed by atoms with Gasteiger partial charge in [0.05, 0.1) is 16.3 Å². The van der Waals surface area contributed by atoms with Crippen molar-refractivity contribution in [1.82, 2.24) is 16.0 Å². The van der Waals surface area contributed by atoms with Crippen molar-refractivity contribution in [3.8, 4) is 11.5 Å². The van der Waals surface area contributed by atoms with E-state index in [1.165, 1.54) is 0 Å². The largest absolute Gasteiger partial charge is 0.457 e. The molecule has 3 fully saturated rings. The molecule has 0 spiro atoms. The summed E-state index contributed by atoms with van der Waals surface area (Å²) >= 11 is 1.57. The minimum Gasteiger partial charge on any atom is -0.457 e. The number of anilines is 1. The fourth-order valence-corrected chi connectivity index (χ4v) is 7.54. The zero-order valence-corrected chi connectivity index (χ0v) is 22.1. The molecule has 0 aromatic heterocycles. The Morgan fingerprint density at radius 2 is 1.84 bits per heavy atom. The van der Waals surface area contributed by atoms with Crippen LogP contribution in [0.15, 0.2) is 59.1 Å². The lowest BCUT2D eigenvalue weighted by atomic mass is 9.86. The van der Waals surface area contributed by atoms with Crippen LogP contribution < -0.4 is 25.6 Å². The van der Waals surface area contributed by atoms with Gasteiger partial charge in [0.25, 0.3) is 5.91 Å². The van der Waals surface area contributed by atoms with Gasteiger partial charge >= 0.3 is 6.03 Å². The summed E-state index contributed by atoms with van der Waals surface area (Å²) in [6, 6.07) is 15.6. The first-order valence-electron chi connectivity index (χ1n) is 13.4. The van der Waals surface area contributed by atoms with E-state index in [0.29, 0.717) is 4.91 Å². The van der Waals surface area contributed by atoms with Gasteiger partial charge in [0, 0.05) is 23.3 Å². The average molecular weight is 519 g/mol. The van der Waals surface area contributed by atoms with Gasteiger partial charge in [0.2, 0.25) is 0 Å². The number of carbonyl (C=O) groups is 2. The average Bonchev–Trinajstić information content (AvgIpc) is 3.27. The van der Waals surface area contributed by atoms with Crippen molar-refractivity contribution in [2.24, 2.45) is 11.8 Å². The summed E-state index contributed by atoms with van der Waals surface area (Å²) in [5.41, 5.74) is 2.64. The van der Waals surface area contributed by atoms with Crippen LogP contribution in [0.1, 0.15) is 44.6 Å². The lowest BCUT2D eigenvalue weighted by Gasteiger charge is -2.46. The first-order chi connectivity index (χ1) is 18.0. The van der Waals surface area contributed by atoms with Crippen LogP contribution in [0.3, 0.4) is 0 Å². The van der Waals surface area contributed by atoms with Crippen LogP contribution in [-0.2, 0) is 4.79 Å². The van der Waals surface area contributed by atoms with Crippen LogP contribution in [-0.4, -0.2) is 35.9 Å². The predicted molar refractivity (Wildman–Crippen MR) is 147 cm³/mol. The molecule has 2 aromatic rings. The number of hydrogen-bond donors (Lipinski definition) is 3. The summed E-state index contributed by atoms with van der Waals surface area (Å²) in [6.45, 7) is 5.10. The van der Waals surface area contributed by atoms with Gasteiger partial charge in [-0.05, 0) is 87.4 Å². The fraction of sp³-hybridized carbons (Fsp3) is 0.448. The van der Waals surface area contributed by atoms with Crippen LogP contribution >= 0.6 is 11.8 Å². The Bertz CT molecular complexity index is 1220. The first-order valence-corrected chi connectivity index (χ1v) is 14.2. The fourth-order valence-electron chi connectivity index (χ4n) is 6.14. The second-order valence-corrected chi connectivity index (χ2v) is 11.9. The van der Waals surface area contributed by atoms with E-state index in [0.717, 1.165) is 73.0 Å². The standard InChI is InChI=1S/C29H34N4O3S/c1-17-8-10-19(11-9-17)31-27(34)26-25-24-23(14-15-30-28(24)37-26)33(29(35)32-25)22-13-12-21(16-18(22)2)36-20-6-4-3-5-7-20/h3-7,12-13,16-17,19,23-24,28,30H,8-11,14-15H2,1-2H3,(H,31,34)(H,32,35). The Morgan fingerprint density at radius 3 is 2.59 bits per heavy atom. The highest BCUT2D eigenvalue weighted by atomic mass is 32.2. The molecule has 1 aliphatic carbocycles. The smallest absolute Gasteiger partial charge is 0.326 e. The number of ether oxygens (including phenoxy) is 1. The highest BCUT2D eigenvalue weighted by molar-refractivity contribution is 8.04. The van der Waals surface area contributed by atoms with Gasteiger partial charge in [-0.25, -0.2) is 4.79 Å². The van der Waals surface area contributed by atoms with Gasteiger partial charge < -0.3 is 20.7 Å². The number of hydrogen-bond acceptors (Lipinski definition) is 5. The van der Waals surface area contributed by atoms with Gasteiger partial charge in [-0.3, -0.25) is 9.69 Å². The van der Waals surface area contributed by atoms with E-state index in [1.54, 1.807) is 11.8 Å². The van der Waals surface area contributed by atoms with E-state index in [9.17, 15) is 9.59 Å². The molecule has 6 rings (SSSR count). The number of thioether (sulfide) groups is 1. The molecule has 3 N–H and O–H groups in total. The third-order valence-corrected chi connectivity index (χ3v) is 9.46. The number of piperidine rings is 1. The van der Waals surface area contributed by atoms with Gasteiger partial charge in [0.15, 0.2) is 0 Å². The number of benzene rings is 2. The van der Waals surface area contributed by atoms with Gasteiger partial charge in [-0.2, -0.15) is 0 Å². The van der Waals surface area contributed by atoms with Crippen LogP contribution in [0.25, 0.3) is 0 Å². The first kappa shape index (κ1) is 24.4. The lowest BCUT2D eigenvalue weighted by Crippen LogP contribution is -2.62. The number of carbonyl (C=O) groups excluding carboxylic acids is 2. The van der Waals surface area contributed by atoms with E-state index in [-0.39, 0.29) is 35.3 Å². The molecule has 2 saturated heterocycles. The van der Waals surface area contributed by atoms with Crippen molar-refractivity contribution < 1.29 is 14.3 Å². The third kappa shape index (κ3) is 4.73. The number of rotatable bonds is 5. The van der Waals surface area contributed by atoms with Crippen molar-refractivity contribution in [2.45, 2.75) is 63.4 Å². The van der Waals surface area contributed by atoms with E-state index < -0.39 is 0 Å². The number of nitrogens with zero attached hydrogens (tertiary/aromatic N) is 1. The van der Waals surface area contributed by atoms with Crippen LogP contribution in [0.4, 0.5) is 10.5 Å². The predicted octanol–water partition coefficient (Wildman–Crippen LogP) is 5.27. The van der Waals surface area contributed by atoms with Crippen molar-refractivity contribution >= 4 is 29.4 Å². The third-order valence-electron chi connectivity index (χ3n) is 8.11. The van der Waals surface area contributed by atoms with E-state index >= 15 is 0 Å². The maximum Gasteiger partial charge on any atom is 0.326 e. The number of amides is 3. The molecule has 8 heteroatoms. The quantitative estimate of drug-likeness (QED) is 0.502. The zero-order valence-electron chi connectivity index (χ0n) is 21.3. The number of nitrogens with one attached hydrogen (secondary N) is 3. The summed E-state index contributed by atoms with van der Waals surface area (Å²) < 4.78 is 6.00. The molecule has 3 heterocycles. The molecular weight excluding hydrogens is 484 g/mol. The Hall–Kier alpha value is -2.97. The highest BCUT2D eigenvalue weighted by Gasteiger charge is 2.52. The molecule has 194 valence electrons. The van der Waals surface area contributed by atoms with Crippen LogP contribution in [0.5, 0.6) is 11.5 Å². The number of para-hydroxylation sites is 1. The topological polar surface area (TPSA) is 82.7 Å². The molecule has 2 aromatic carbocycles. The zero-order chi connectivity index (χ0) is 25.5. The molecule has 4 aliphatic rings. The summed E-state index contributed by atoms with van der Waals surface area (Å²) in [7, 11) is 0. The number of urea groups is 1. The Morgan fingerprint density at radius 1 is 1.05 bits per heavy atom. The van der Waals surface area contributed by atoms with E-state index in [1.807, 2.05) is 60.4 Å². The summed E-state index contributed by atoms with van der Waals surface area (Å²) in [5.74, 6) is 2.25. The molecule has 3 unspecified atom stereocenters. The maximum atomic E-state index is 13.5. The molecular formula is C29H34N4O3S. The minimum absolute atomic E-state index is 0.0112. The van der Waals surface area contributed by atoms with Crippen LogP contribution in [0, 0.1) is 18.8 Å².